The zero-order chi connectivity index (χ0) is 14.5. The largest absolute Gasteiger partial charge is 0.384 e. The molecule has 7 heteroatoms. The number of halogens is 2. The molecule has 0 aliphatic carbocycles. The zero-order valence-electron chi connectivity index (χ0n) is 11.3. The molecular weight excluding hydrogens is 301 g/mol. The lowest BCUT2D eigenvalue weighted by atomic mass is 10.2. The van der Waals surface area contributed by atoms with Gasteiger partial charge in [-0.3, -0.25) is 0 Å². The Morgan fingerprint density at radius 2 is 2.25 bits per heavy atom. The fourth-order valence-electron chi connectivity index (χ4n) is 1.67. The van der Waals surface area contributed by atoms with Crippen LogP contribution in [-0.4, -0.2) is 30.1 Å². The first-order valence-electron chi connectivity index (χ1n) is 6.06. The lowest BCUT2D eigenvalue weighted by molar-refractivity contribution is 0.201. The summed E-state index contributed by atoms with van der Waals surface area (Å²) >= 11 is 6.99. The van der Waals surface area contributed by atoms with Gasteiger partial charge in [0, 0.05) is 38.7 Å². The van der Waals surface area contributed by atoms with Crippen LogP contribution in [0.25, 0.3) is 0 Å². The van der Waals surface area contributed by atoms with Gasteiger partial charge in [0.15, 0.2) is 0 Å². The molecule has 0 fully saturated rings. The predicted octanol–water partition coefficient (Wildman–Crippen LogP) is 3.16. The second-order valence-electron chi connectivity index (χ2n) is 4.34. The average Bonchev–Trinajstić information content (AvgIpc) is 2.89. The summed E-state index contributed by atoms with van der Waals surface area (Å²) in [6.07, 6.45) is 0.691. The van der Waals surface area contributed by atoms with Gasteiger partial charge in [-0.05, 0) is 17.7 Å². The minimum absolute atomic E-state index is 0.133. The van der Waals surface area contributed by atoms with Crippen molar-refractivity contribution in [3.05, 3.63) is 40.4 Å². The maximum absolute atomic E-state index is 13.4. The normalized spacial score (nSPS) is 10.8. The topological polar surface area (TPSA) is 38.2 Å². The van der Waals surface area contributed by atoms with E-state index < -0.39 is 5.82 Å². The first-order valence-corrected chi connectivity index (χ1v) is 7.22. The smallest absolute Gasteiger partial charge is 0.205 e. The molecule has 2 aromatic rings. The second-order valence-corrected chi connectivity index (χ2v) is 5.48. The summed E-state index contributed by atoms with van der Waals surface area (Å²) < 4.78 is 22.6. The number of aromatic nitrogens is 2. The number of hydrogen-bond acceptors (Lipinski definition) is 5. The molecular formula is C13H15ClFN3OS. The summed E-state index contributed by atoms with van der Waals surface area (Å²) in [5.74, 6) is 0.358. The third kappa shape index (κ3) is 3.88. The van der Waals surface area contributed by atoms with Crippen LogP contribution in [0, 0.1) is 5.82 Å². The average molecular weight is 316 g/mol. The van der Waals surface area contributed by atoms with E-state index in [9.17, 15) is 4.39 Å². The lowest BCUT2D eigenvalue weighted by Gasteiger charge is -2.15. The Morgan fingerprint density at radius 3 is 2.95 bits per heavy atom. The molecule has 0 aliphatic rings. The quantitative estimate of drug-likeness (QED) is 0.821. The van der Waals surface area contributed by atoms with Gasteiger partial charge in [0.1, 0.15) is 11.6 Å². The molecule has 108 valence electrons. The van der Waals surface area contributed by atoms with Crippen LogP contribution in [0.3, 0.4) is 0 Å². The fourth-order valence-corrected chi connectivity index (χ4v) is 2.46. The molecule has 0 unspecified atom stereocenters. The van der Waals surface area contributed by atoms with Gasteiger partial charge in [0.25, 0.3) is 0 Å². The van der Waals surface area contributed by atoms with Crippen LogP contribution in [0.1, 0.15) is 11.4 Å². The van der Waals surface area contributed by atoms with E-state index in [-0.39, 0.29) is 5.02 Å². The van der Waals surface area contributed by atoms with Crippen LogP contribution in [0.4, 0.5) is 9.52 Å². The number of rotatable bonds is 6. The highest BCUT2D eigenvalue weighted by atomic mass is 35.5. The monoisotopic (exact) mass is 315 g/mol. The molecule has 0 spiro atoms. The Balaban J connectivity index is 2.01. The van der Waals surface area contributed by atoms with Crippen LogP contribution < -0.4 is 4.90 Å². The molecule has 0 atom stereocenters. The molecule has 0 amide bonds. The van der Waals surface area contributed by atoms with Gasteiger partial charge < -0.3 is 9.64 Å². The molecule has 4 nitrogen and oxygen atoms in total. The van der Waals surface area contributed by atoms with E-state index >= 15 is 0 Å². The van der Waals surface area contributed by atoms with Crippen molar-refractivity contribution in [2.75, 3.05) is 25.7 Å². The number of benzene rings is 1. The van der Waals surface area contributed by atoms with Gasteiger partial charge in [-0.25, -0.2) is 9.37 Å². The number of hydrogen-bond donors (Lipinski definition) is 0. The zero-order valence-corrected chi connectivity index (χ0v) is 12.8. The molecule has 1 aromatic heterocycles. The van der Waals surface area contributed by atoms with E-state index in [0.29, 0.717) is 19.6 Å². The van der Waals surface area contributed by atoms with Crippen LogP contribution in [0.2, 0.25) is 5.02 Å². The Hall–Kier alpha value is -1.24. The van der Waals surface area contributed by atoms with Gasteiger partial charge in [-0.1, -0.05) is 17.7 Å². The molecule has 0 aliphatic heterocycles. The van der Waals surface area contributed by atoms with Gasteiger partial charge in [0.05, 0.1) is 11.6 Å². The van der Waals surface area contributed by atoms with Crippen LogP contribution in [0.15, 0.2) is 18.2 Å². The SMILES string of the molecule is COCCc1nsc(N(C)Cc2ccc(Cl)c(F)c2)n1. The fraction of sp³-hybridized carbons (Fsp3) is 0.385. The Kier molecular flexibility index (Phi) is 5.28. The number of methoxy groups -OCH3 is 1. The first kappa shape index (κ1) is 15.2. The molecule has 0 radical (unpaired) electrons. The number of anilines is 1. The van der Waals surface area contributed by atoms with Gasteiger partial charge in [-0.15, -0.1) is 0 Å². The van der Waals surface area contributed by atoms with Crippen molar-refractivity contribution in [2.24, 2.45) is 0 Å². The van der Waals surface area contributed by atoms with Gasteiger partial charge in [-0.2, -0.15) is 4.37 Å². The summed E-state index contributed by atoms with van der Waals surface area (Å²) in [7, 11) is 3.54. The third-order valence-corrected chi connectivity index (χ3v) is 3.89. The lowest BCUT2D eigenvalue weighted by Crippen LogP contribution is -2.16. The highest BCUT2D eigenvalue weighted by Crippen LogP contribution is 2.21. The maximum Gasteiger partial charge on any atom is 0.205 e. The summed E-state index contributed by atoms with van der Waals surface area (Å²) in [4.78, 5) is 6.34. The second kappa shape index (κ2) is 6.97. The molecule has 1 heterocycles. The maximum atomic E-state index is 13.4. The van der Waals surface area contributed by atoms with E-state index in [1.54, 1.807) is 19.2 Å². The number of ether oxygens (including phenoxy) is 1. The summed E-state index contributed by atoms with van der Waals surface area (Å²) in [6.45, 7) is 1.15. The highest BCUT2D eigenvalue weighted by Gasteiger charge is 2.10. The van der Waals surface area contributed by atoms with E-state index in [2.05, 4.69) is 9.36 Å². The standard InChI is InChI=1S/C13H15ClFN3OS/c1-18(8-9-3-4-10(14)11(15)7-9)13-16-12(17-20-13)5-6-19-2/h3-4,7H,5-6,8H2,1-2H3. The minimum Gasteiger partial charge on any atom is -0.384 e. The molecule has 2 rings (SSSR count). The van der Waals surface area contributed by atoms with Crippen molar-refractivity contribution in [1.29, 1.82) is 0 Å². The Morgan fingerprint density at radius 1 is 1.45 bits per heavy atom. The van der Waals surface area contributed by atoms with E-state index in [0.717, 1.165) is 16.5 Å². The van der Waals surface area contributed by atoms with Crippen molar-refractivity contribution in [3.63, 3.8) is 0 Å². The van der Waals surface area contributed by atoms with Gasteiger partial charge >= 0.3 is 0 Å². The first-order chi connectivity index (χ1) is 9.60. The van der Waals surface area contributed by atoms with E-state index in [1.165, 1.54) is 17.6 Å². The summed E-state index contributed by atoms with van der Waals surface area (Å²) in [5.41, 5.74) is 0.836. The number of nitrogens with zero attached hydrogens (tertiary/aromatic N) is 3. The van der Waals surface area contributed by atoms with Gasteiger partial charge in [0.2, 0.25) is 5.13 Å². The Bertz CT molecular complexity index is 578. The van der Waals surface area contributed by atoms with E-state index in [1.807, 2.05) is 11.9 Å². The molecule has 0 N–H and O–H groups in total. The molecule has 0 bridgehead atoms. The summed E-state index contributed by atoms with van der Waals surface area (Å²) in [5, 5.41) is 0.931. The van der Waals surface area contributed by atoms with Crippen molar-refractivity contribution < 1.29 is 9.13 Å². The van der Waals surface area contributed by atoms with Crippen LogP contribution >= 0.6 is 23.1 Å². The van der Waals surface area contributed by atoms with E-state index in [4.69, 9.17) is 16.3 Å². The highest BCUT2D eigenvalue weighted by molar-refractivity contribution is 7.09. The molecule has 0 saturated heterocycles. The van der Waals surface area contributed by atoms with Crippen molar-refractivity contribution in [3.8, 4) is 0 Å². The predicted molar refractivity (Wildman–Crippen MR) is 79.0 cm³/mol. The van der Waals surface area contributed by atoms with Crippen LogP contribution in [0.5, 0.6) is 0 Å². The van der Waals surface area contributed by atoms with Crippen molar-refractivity contribution in [1.82, 2.24) is 9.36 Å². The van der Waals surface area contributed by atoms with Crippen molar-refractivity contribution in [2.45, 2.75) is 13.0 Å². The van der Waals surface area contributed by atoms with Crippen molar-refractivity contribution >= 4 is 28.3 Å². The third-order valence-electron chi connectivity index (χ3n) is 2.72. The molecule has 0 saturated carbocycles. The molecule has 1 aromatic carbocycles. The molecule has 20 heavy (non-hydrogen) atoms. The minimum atomic E-state index is -0.407. The Labute approximate surface area is 126 Å². The summed E-state index contributed by atoms with van der Waals surface area (Å²) in [6, 6.07) is 4.80. The van der Waals surface area contributed by atoms with Crippen LogP contribution in [-0.2, 0) is 17.7 Å².